The van der Waals surface area contributed by atoms with Gasteiger partial charge in [-0.15, -0.1) is 0 Å². The lowest BCUT2D eigenvalue weighted by atomic mass is 10.1. The smallest absolute Gasteiger partial charge is 0.218 e. The fraction of sp³-hybridized carbons (Fsp3) is 0.381. The van der Waals surface area contributed by atoms with Crippen molar-refractivity contribution in [1.29, 1.82) is 0 Å². The Bertz CT molecular complexity index is 991. The summed E-state index contributed by atoms with van der Waals surface area (Å²) in [5.74, 6) is 12.5. The molecule has 0 amide bonds. The third-order valence-electron chi connectivity index (χ3n) is 5.34. The van der Waals surface area contributed by atoms with Crippen LogP contribution in [0.2, 0.25) is 0 Å². The van der Waals surface area contributed by atoms with Gasteiger partial charge in [-0.05, 0) is 50.6 Å². The van der Waals surface area contributed by atoms with E-state index in [0.717, 1.165) is 35.3 Å². The molecule has 1 aliphatic heterocycles. The van der Waals surface area contributed by atoms with Gasteiger partial charge in [-0.3, -0.25) is 9.42 Å². The number of rotatable bonds is 9. The summed E-state index contributed by atoms with van der Waals surface area (Å²) in [6.45, 7) is 4.20. The third kappa shape index (κ3) is 6.18. The molecule has 8 N–H and O–H groups in total. The van der Waals surface area contributed by atoms with Crippen molar-refractivity contribution in [2.45, 2.75) is 32.6 Å². The molecule has 3 rings (SSSR count). The Morgan fingerprint density at radius 3 is 2.64 bits per heavy atom. The first-order valence-electron chi connectivity index (χ1n) is 10.8. The van der Waals surface area contributed by atoms with Crippen LogP contribution in [0.1, 0.15) is 37.6 Å². The number of piperidine rings is 1. The number of anilines is 2. The number of aromatic nitrogens is 3. The zero-order valence-corrected chi connectivity index (χ0v) is 19.7. The highest BCUT2D eigenvalue weighted by Crippen LogP contribution is 2.26. The number of ether oxygens (including phenoxy) is 1. The van der Waals surface area contributed by atoms with E-state index in [-0.39, 0.29) is 12.5 Å². The van der Waals surface area contributed by atoms with Gasteiger partial charge in [-0.1, -0.05) is 6.92 Å². The molecule has 178 valence electrons. The molecule has 0 aliphatic carbocycles. The van der Waals surface area contributed by atoms with E-state index in [2.05, 4.69) is 40.7 Å². The topological polar surface area (TPSA) is 162 Å². The highest BCUT2D eigenvalue weighted by Gasteiger charge is 2.18. The molecule has 2 aromatic heterocycles. The van der Waals surface area contributed by atoms with Crippen LogP contribution in [0.4, 0.5) is 11.5 Å². The van der Waals surface area contributed by atoms with Crippen molar-refractivity contribution >= 4 is 30.0 Å². The molecule has 0 unspecified atom stereocenters. The molecule has 33 heavy (non-hydrogen) atoms. The summed E-state index contributed by atoms with van der Waals surface area (Å²) in [6, 6.07) is 5.55. The second-order valence-corrected chi connectivity index (χ2v) is 7.95. The Morgan fingerprint density at radius 1 is 1.21 bits per heavy atom. The molecule has 1 fully saturated rings. The van der Waals surface area contributed by atoms with E-state index in [1.165, 1.54) is 43.0 Å². The minimum absolute atomic E-state index is 0.0105. The predicted molar refractivity (Wildman–Crippen MR) is 133 cm³/mol. The number of nitrogens with two attached hydrogens (primary N) is 4. The lowest BCUT2D eigenvalue weighted by Crippen LogP contribution is -2.31. The molecule has 2 aromatic rings. The molecular weight excluding hydrogens is 440 g/mol. The third-order valence-corrected chi connectivity index (χ3v) is 5.58. The van der Waals surface area contributed by atoms with Gasteiger partial charge in [0.05, 0.1) is 22.8 Å². The summed E-state index contributed by atoms with van der Waals surface area (Å²) >= 11 is 4.24. The van der Waals surface area contributed by atoms with Crippen LogP contribution in [0.5, 0.6) is 5.88 Å². The van der Waals surface area contributed by atoms with Crippen LogP contribution in [0, 0.1) is 0 Å². The Hall–Kier alpha value is -3.22. The Morgan fingerprint density at radius 2 is 1.97 bits per heavy atom. The van der Waals surface area contributed by atoms with Crippen LogP contribution in [-0.4, -0.2) is 39.1 Å². The molecular formula is C21H32N10OS. The Labute approximate surface area is 199 Å². The van der Waals surface area contributed by atoms with Gasteiger partial charge in [-0.2, -0.15) is 0 Å². The summed E-state index contributed by atoms with van der Waals surface area (Å²) in [4.78, 5) is 15.4. The first-order chi connectivity index (χ1) is 15.9. The zero-order valence-electron chi connectivity index (χ0n) is 18.8. The summed E-state index contributed by atoms with van der Waals surface area (Å²) in [5, 5.41) is 1.24. The summed E-state index contributed by atoms with van der Waals surface area (Å²) in [7, 11) is 0. The minimum Gasteiger partial charge on any atom is -0.471 e. The monoisotopic (exact) mass is 472 g/mol. The van der Waals surface area contributed by atoms with Gasteiger partial charge in [0.1, 0.15) is 18.6 Å². The lowest BCUT2D eigenvalue weighted by molar-refractivity contribution is 0.313. The normalized spacial score (nSPS) is 14.8. The van der Waals surface area contributed by atoms with E-state index in [4.69, 9.17) is 32.9 Å². The molecule has 11 nitrogen and oxygen atoms in total. The second kappa shape index (κ2) is 11.6. The van der Waals surface area contributed by atoms with Gasteiger partial charge in [0.15, 0.2) is 5.82 Å². The lowest BCUT2D eigenvalue weighted by Gasteiger charge is -2.30. The molecule has 0 radical (unpaired) electrons. The van der Waals surface area contributed by atoms with E-state index in [1.807, 2.05) is 6.07 Å². The summed E-state index contributed by atoms with van der Waals surface area (Å²) in [5.41, 5.74) is 15.4. The Kier molecular flexibility index (Phi) is 8.58. The maximum Gasteiger partial charge on any atom is 0.218 e. The van der Waals surface area contributed by atoms with Crippen molar-refractivity contribution in [3.05, 3.63) is 54.0 Å². The number of hydrogen-bond acceptors (Lipinski definition) is 12. The number of thiol groups is 1. The van der Waals surface area contributed by atoms with Gasteiger partial charge >= 0.3 is 0 Å². The summed E-state index contributed by atoms with van der Waals surface area (Å²) < 4.78 is 6.90. The zero-order chi connectivity index (χ0) is 23.8. The van der Waals surface area contributed by atoms with E-state index in [1.54, 1.807) is 6.07 Å². The van der Waals surface area contributed by atoms with Crippen LogP contribution < -0.4 is 37.8 Å². The van der Waals surface area contributed by atoms with E-state index >= 15 is 0 Å². The van der Waals surface area contributed by atoms with Crippen molar-refractivity contribution in [1.82, 2.24) is 19.4 Å². The largest absolute Gasteiger partial charge is 0.471 e. The molecule has 0 atom stereocenters. The molecule has 0 bridgehead atoms. The Balaban J connectivity index is 1.82. The number of nitrogens with zero attached hydrogens (tertiary/aromatic N) is 6. The standard InChI is InChI=1S/C21H32N10OS/c1-2-15-17(29-9-4-3-5-10-29)7-6-16(28-15)21(23)18(31(25)33)13-32-20-12-19(26-14-27-20)30(24)11-8-22/h6-8,11-12,14,33H,2-5,9-10,13,22-25H2,1H3/b11-8-,21-18-. The van der Waals surface area contributed by atoms with Crippen molar-refractivity contribution in [2.24, 2.45) is 23.2 Å². The van der Waals surface area contributed by atoms with Crippen LogP contribution in [0.25, 0.3) is 5.70 Å². The highest BCUT2D eigenvalue weighted by molar-refractivity contribution is 7.77. The van der Waals surface area contributed by atoms with Gasteiger partial charge in [-0.25, -0.2) is 26.6 Å². The quantitative estimate of drug-likeness (QED) is 0.203. The van der Waals surface area contributed by atoms with Crippen molar-refractivity contribution in [3.8, 4) is 5.88 Å². The fourth-order valence-corrected chi connectivity index (χ4v) is 3.77. The van der Waals surface area contributed by atoms with Crippen LogP contribution in [-0.2, 0) is 6.42 Å². The molecule has 0 saturated carbocycles. The molecule has 3 heterocycles. The van der Waals surface area contributed by atoms with Crippen LogP contribution in [0.15, 0.2) is 42.6 Å². The molecule has 0 aromatic carbocycles. The average molecular weight is 473 g/mol. The number of hydrazine groups is 2. The maximum atomic E-state index is 6.44. The fourth-order valence-electron chi connectivity index (χ4n) is 3.60. The predicted octanol–water partition coefficient (Wildman–Crippen LogP) is 1.26. The minimum atomic E-state index is 0.0105. The van der Waals surface area contributed by atoms with Gasteiger partial charge in [0, 0.05) is 31.6 Å². The van der Waals surface area contributed by atoms with E-state index in [9.17, 15) is 0 Å². The molecule has 0 spiro atoms. The van der Waals surface area contributed by atoms with Gasteiger partial charge in [0.25, 0.3) is 0 Å². The first kappa shape index (κ1) is 24.4. The second-order valence-electron chi connectivity index (χ2n) is 7.52. The van der Waals surface area contributed by atoms with Crippen molar-refractivity contribution in [3.63, 3.8) is 0 Å². The van der Waals surface area contributed by atoms with Gasteiger partial charge in [0.2, 0.25) is 5.88 Å². The highest BCUT2D eigenvalue weighted by atomic mass is 32.1. The van der Waals surface area contributed by atoms with Crippen molar-refractivity contribution < 1.29 is 4.74 Å². The molecule has 1 saturated heterocycles. The number of hydrogen-bond donors (Lipinski definition) is 5. The molecule has 1 aliphatic rings. The van der Waals surface area contributed by atoms with E-state index in [0.29, 0.717) is 22.9 Å². The first-order valence-corrected chi connectivity index (χ1v) is 11.2. The van der Waals surface area contributed by atoms with Crippen LogP contribution in [0.3, 0.4) is 0 Å². The van der Waals surface area contributed by atoms with Gasteiger partial charge < -0.3 is 21.1 Å². The SMILES string of the molecule is CCc1nc(/C(N)=C(\COc2cc(N(N)/C=C\N)ncn2)N(N)S)ccc1N1CCCCC1. The average Bonchev–Trinajstić information content (AvgIpc) is 2.84. The molecule has 12 heteroatoms. The summed E-state index contributed by atoms with van der Waals surface area (Å²) in [6.07, 6.45) is 8.55. The maximum absolute atomic E-state index is 6.44. The van der Waals surface area contributed by atoms with E-state index < -0.39 is 0 Å². The number of aryl methyl sites for hydroxylation is 1. The van der Waals surface area contributed by atoms with Crippen LogP contribution >= 0.6 is 12.8 Å². The van der Waals surface area contributed by atoms with Crippen molar-refractivity contribution in [2.75, 3.05) is 29.6 Å². The number of pyridine rings is 1.